The molecule has 1 amide bonds. The third-order valence-corrected chi connectivity index (χ3v) is 5.06. The van der Waals surface area contributed by atoms with E-state index in [1.54, 1.807) is 43.3 Å². The first-order chi connectivity index (χ1) is 12.0. The SMILES string of the molecule is CCOC(=O)c1ccc(N2C[C@]34C=C[C@H](O3)[C@H](C(=O)[O-])[C@@H]4C2=O)cc1. The summed E-state index contributed by atoms with van der Waals surface area (Å²) in [4.78, 5) is 37.5. The number of amides is 1. The lowest BCUT2D eigenvalue weighted by Crippen LogP contribution is -2.45. The van der Waals surface area contributed by atoms with Crippen molar-refractivity contribution in [3.05, 3.63) is 42.0 Å². The van der Waals surface area contributed by atoms with Gasteiger partial charge in [0.15, 0.2) is 0 Å². The Bertz CT molecular complexity index is 785. The second kappa shape index (κ2) is 5.42. The third kappa shape index (κ3) is 2.19. The van der Waals surface area contributed by atoms with Gasteiger partial charge in [-0.3, -0.25) is 4.79 Å². The number of carboxylic acids is 1. The van der Waals surface area contributed by atoms with E-state index < -0.39 is 35.5 Å². The fourth-order valence-corrected chi connectivity index (χ4v) is 3.98. The van der Waals surface area contributed by atoms with Crippen molar-refractivity contribution in [3.63, 3.8) is 0 Å². The van der Waals surface area contributed by atoms with E-state index in [0.29, 0.717) is 11.3 Å². The summed E-state index contributed by atoms with van der Waals surface area (Å²) in [5.74, 6) is -3.75. The van der Waals surface area contributed by atoms with Crippen molar-refractivity contribution >= 4 is 23.5 Å². The second-order valence-corrected chi connectivity index (χ2v) is 6.41. The zero-order valence-electron chi connectivity index (χ0n) is 13.5. The standard InChI is InChI=1S/C18H17NO6/c1-2-24-17(23)10-3-5-11(6-4-10)19-9-18-8-7-12(25-18)13(16(21)22)14(18)15(19)20/h3-8,12-14H,2,9H2,1H3,(H,21,22)/p-1/t12-,13-,14+,18-/m0/s1. The topological polar surface area (TPSA) is 96.0 Å². The third-order valence-electron chi connectivity index (χ3n) is 5.06. The number of carboxylic acid groups (broad SMARTS) is 1. The van der Waals surface area contributed by atoms with Crippen LogP contribution in [-0.4, -0.2) is 42.7 Å². The quantitative estimate of drug-likeness (QED) is 0.560. The highest BCUT2D eigenvalue weighted by molar-refractivity contribution is 6.02. The predicted molar refractivity (Wildman–Crippen MR) is 83.5 cm³/mol. The highest BCUT2D eigenvalue weighted by Crippen LogP contribution is 2.52. The maximum Gasteiger partial charge on any atom is 0.338 e. The highest BCUT2D eigenvalue weighted by atomic mass is 16.5. The van der Waals surface area contributed by atoms with Crippen LogP contribution in [0, 0.1) is 11.8 Å². The van der Waals surface area contributed by atoms with E-state index in [2.05, 4.69) is 0 Å². The summed E-state index contributed by atoms with van der Waals surface area (Å²) in [5.41, 5.74) is 0.0615. The van der Waals surface area contributed by atoms with Crippen molar-refractivity contribution in [1.29, 1.82) is 0 Å². The number of carbonyl (C=O) groups excluding carboxylic acids is 3. The molecule has 3 heterocycles. The lowest BCUT2D eigenvalue weighted by Gasteiger charge is -2.24. The Morgan fingerprint density at radius 3 is 2.72 bits per heavy atom. The summed E-state index contributed by atoms with van der Waals surface area (Å²) in [7, 11) is 0. The highest BCUT2D eigenvalue weighted by Gasteiger charge is 2.65. The van der Waals surface area contributed by atoms with Crippen LogP contribution in [0.15, 0.2) is 36.4 Å². The zero-order chi connectivity index (χ0) is 17.8. The van der Waals surface area contributed by atoms with Crippen molar-refractivity contribution < 1.29 is 29.0 Å². The average molecular weight is 342 g/mol. The van der Waals surface area contributed by atoms with Gasteiger partial charge in [0.25, 0.3) is 0 Å². The minimum Gasteiger partial charge on any atom is -0.550 e. The van der Waals surface area contributed by atoms with E-state index in [0.717, 1.165) is 0 Å². The normalized spacial score (nSPS) is 32.1. The number of hydrogen-bond acceptors (Lipinski definition) is 6. The van der Waals surface area contributed by atoms with Crippen molar-refractivity contribution in [2.75, 3.05) is 18.1 Å². The van der Waals surface area contributed by atoms with Crippen LogP contribution < -0.4 is 10.0 Å². The van der Waals surface area contributed by atoms with Crippen LogP contribution in [0.1, 0.15) is 17.3 Å². The first-order valence-electron chi connectivity index (χ1n) is 8.13. The summed E-state index contributed by atoms with van der Waals surface area (Å²) < 4.78 is 10.7. The minimum atomic E-state index is -1.27. The van der Waals surface area contributed by atoms with Gasteiger partial charge in [0.1, 0.15) is 5.60 Å². The number of fused-ring (bicyclic) bond motifs is 1. The van der Waals surface area contributed by atoms with E-state index in [1.807, 2.05) is 0 Å². The van der Waals surface area contributed by atoms with Crippen LogP contribution in [0.25, 0.3) is 0 Å². The minimum absolute atomic E-state index is 0.242. The fraction of sp³-hybridized carbons (Fsp3) is 0.389. The number of anilines is 1. The Morgan fingerprint density at radius 1 is 1.36 bits per heavy atom. The van der Waals surface area contributed by atoms with Crippen LogP contribution in [0.5, 0.6) is 0 Å². The van der Waals surface area contributed by atoms with Gasteiger partial charge < -0.3 is 24.3 Å². The van der Waals surface area contributed by atoms with Crippen molar-refractivity contribution in [2.45, 2.75) is 18.6 Å². The maximum atomic E-state index is 12.8. The number of benzene rings is 1. The zero-order valence-corrected chi connectivity index (χ0v) is 13.5. The molecule has 0 N–H and O–H groups in total. The molecular formula is C18H16NO6-. The van der Waals surface area contributed by atoms with Crippen molar-refractivity contribution in [2.24, 2.45) is 11.8 Å². The first kappa shape index (κ1) is 15.8. The molecule has 2 fully saturated rings. The molecule has 0 saturated carbocycles. The van der Waals surface area contributed by atoms with Gasteiger partial charge in [-0.1, -0.05) is 12.2 Å². The molecule has 1 aromatic carbocycles. The monoisotopic (exact) mass is 342 g/mol. The van der Waals surface area contributed by atoms with Gasteiger partial charge in [0, 0.05) is 17.6 Å². The Labute approximate surface area is 143 Å². The molecule has 1 aromatic rings. The average Bonchev–Trinajstić information content (AvgIpc) is 3.23. The van der Waals surface area contributed by atoms with Gasteiger partial charge in [-0.15, -0.1) is 0 Å². The van der Waals surface area contributed by atoms with Gasteiger partial charge in [-0.2, -0.15) is 0 Å². The predicted octanol–water partition coefficient (Wildman–Crippen LogP) is -0.100. The summed E-state index contributed by atoms with van der Waals surface area (Å²) in [6.07, 6.45) is 2.87. The molecule has 4 rings (SSSR count). The summed E-state index contributed by atoms with van der Waals surface area (Å²) in [5, 5.41) is 11.5. The largest absolute Gasteiger partial charge is 0.550 e. The second-order valence-electron chi connectivity index (χ2n) is 6.41. The molecule has 2 bridgehead atoms. The van der Waals surface area contributed by atoms with E-state index in [9.17, 15) is 19.5 Å². The Morgan fingerprint density at radius 2 is 2.08 bits per heavy atom. The molecule has 2 saturated heterocycles. The maximum absolute atomic E-state index is 12.8. The lowest BCUT2D eigenvalue weighted by molar-refractivity contribution is -0.313. The molecule has 7 nitrogen and oxygen atoms in total. The summed E-state index contributed by atoms with van der Waals surface area (Å²) >= 11 is 0. The van der Waals surface area contributed by atoms with Gasteiger partial charge in [-0.05, 0) is 31.2 Å². The van der Waals surface area contributed by atoms with Gasteiger partial charge in [0.05, 0.1) is 30.7 Å². The summed E-state index contributed by atoms with van der Waals surface area (Å²) in [6.45, 7) is 2.25. The lowest BCUT2D eigenvalue weighted by atomic mass is 9.77. The smallest absolute Gasteiger partial charge is 0.338 e. The Balaban J connectivity index is 1.61. The summed E-state index contributed by atoms with van der Waals surface area (Å²) in [6, 6.07) is 6.45. The molecule has 130 valence electrons. The number of carbonyl (C=O) groups is 3. The number of ether oxygens (including phenoxy) is 2. The molecule has 0 aromatic heterocycles. The van der Waals surface area contributed by atoms with Gasteiger partial charge in [0.2, 0.25) is 5.91 Å². The van der Waals surface area contributed by atoms with Crippen molar-refractivity contribution in [3.8, 4) is 0 Å². The number of hydrogen-bond donors (Lipinski definition) is 0. The van der Waals surface area contributed by atoms with Crippen LogP contribution >= 0.6 is 0 Å². The Kier molecular flexibility index (Phi) is 3.43. The van der Waals surface area contributed by atoms with Crippen LogP contribution in [0.4, 0.5) is 5.69 Å². The molecule has 0 unspecified atom stereocenters. The molecule has 0 aliphatic carbocycles. The molecule has 4 atom stereocenters. The number of esters is 1. The van der Waals surface area contributed by atoms with Crippen molar-refractivity contribution in [1.82, 2.24) is 0 Å². The van der Waals surface area contributed by atoms with Gasteiger partial charge >= 0.3 is 5.97 Å². The molecule has 0 radical (unpaired) electrons. The Hall–Kier alpha value is -2.67. The van der Waals surface area contributed by atoms with E-state index >= 15 is 0 Å². The fourth-order valence-electron chi connectivity index (χ4n) is 3.98. The van der Waals surface area contributed by atoms with E-state index in [-0.39, 0.29) is 19.1 Å². The van der Waals surface area contributed by atoms with Crippen LogP contribution in [-0.2, 0) is 19.1 Å². The molecule has 3 aliphatic heterocycles. The van der Waals surface area contributed by atoms with Gasteiger partial charge in [-0.25, -0.2) is 4.79 Å². The first-order valence-corrected chi connectivity index (χ1v) is 8.13. The van der Waals surface area contributed by atoms with E-state index in [1.165, 1.54) is 4.90 Å². The number of nitrogens with zero attached hydrogens (tertiary/aromatic N) is 1. The van der Waals surface area contributed by atoms with Crippen LogP contribution in [0.2, 0.25) is 0 Å². The molecule has 25 heavy (non-hydrogen) atoms. The van der Waals surface area contributed by atoms with Crippen LogP contribution in [0.3, 0.4) is 0 Å². The molecule has 3 aliphatic rings. The van der Waals surface area contributed by atoms with E-state index in [4.69, 9.17) is 9.47 Å². The number of aliphatic carboxylic acids is 1. The molecular weight excluding hydrogens is 326 g/mol. The molecule has 1 spiro atoms. The molecule has 7 heteroatoms. The number of rotatable bonds is 4.